The summed E-state index contributed by atoms with van der Waals surface area (Å²) in [5, 5.41) is 2.73. The van der Waals surface area contributed by atoms with Crippen LogP contribution in [0.25, 0.3) is 0 Å². The number of dihydropyridines is 1. The predicted molar refractivity (Wildman–Crippen MR) is 41.9 cm³/mol. The first-order valence-corrected chi connectivity index (χ1v) is 3.71. The minimum Gasteiger partial charge on any atom is -0.463 e. The molecule has 3 nitrogen and oxygen atoms in total. The molecule has 0 fully saturated rings. The molecule has 0 saturated heterocycles. The van der Waals surface area contributed by atoms with E-state index in [1.165, 1.54) is 12.3 Å². The van der Waals surface area contributed by atoms with Crippen LogP contribution in [0.2, 0.25) is 0 Å². The monoisotopic (exact) mass is 171 g/mol. The van der Waals surface area contributed by atoms with Gasteiger partial charge in [-0.2, -0.15) is 0 Å². The molecule has 0 aromatic heterocycles. The van der Waals surface area contributed by atoms with E-state index in [0.29, 0.717) is 0 Å². The zero-order valence-electron chi connectivity index (χ0n) is 6.76. The third kappa shape index (κ3) is 1.84. The maximum Gasteiger partial charge on any atom is 0.338 e. The van der Waals surface area contributed by atoms with Crippen LogP contribution in [0, 0.1) is 0 Å². The van der Waals surface area contributed by atoms with Crippen molar-refractivity contribution < 1.29 is 13.9 Å². The summed E-state index contributed by atoms with van der Waals surface area (Å²) in [6.45, 7) is 2.14. The van der Waals surface area contributed by atoms with Crippen molar-refractivity contribution in [1.82, 2.24) is 5.32 Å². The van der Waals surface area contributed by atoms with Gasteiger partial charge in [0.1, 0.15) is 5.83 Å². The van der Waals surface area contributed by atoms with E-state index in [1.807, 2.05) is 0 Å². The average Bonchev–Trinajstić information content (AvgIpc) is 2.05. The first kappa shape index (κ1) is 8.77. The van der Waals surface area contributed by atoms with Crippen LogP contribution in [0.3, 0.4) is 0 Å². The van der Waals surface area contributed by atoms with Crippen molar-refractivity contribution >= 4 is 5.97 Å². The molecule has 1 aliphatic rings. The molecule has 0 aliphatic carbocycles. The number of nitrogens with one attached hydrogen (secondary N) is 1. The molecule has 0 unspecified atom stereocenters. The molecule has 1 N–H and O–H groups in total. The fourth-order valence-corrected chi connectivity index (χ4v) is 0.866. The van der Waals surface area contributed by atoms with Crippen LogP contribution in [-0.4, -0.2) is 19.1 Å². The molecule has 1 aliphatic heterocycles. The topological polar surface area (TPSA) is 38.3 Å². The number of allylic oxidation sites excluding steroid dienone is 2. The lowest BCUT2D eigenvalue weighted by molar-refractivity contribution is -0.138. The molecule has 0 atom stereocenters. The number of ether oxygens (including phenoxy) is 1. The van der Waals surface area contributed by atoms with Crippen LogP contribution < -0.4 is 5.32 Å². The highest BCUT2D eigenvalue weighted by molar-refractivity contribution is 5.90. The summed E-state index contributed by atoms with van der Waals surface area (Å²) < 4.78 is 17.5. The summed E-state index contributed by atoms with van der Waals surface area (Å²) in [5.74, 6) is -1.11. The molecule has 0 aromatic rings. The van der Waals surface area contributed by atoms with Gasteiger partial charge >= 0.3 is 5.97 Å². The number of rotatable bonds is 2. The number of carbonyl (C=O) groups is 1. The molecule has 0 aromatic carbocycles. The van der Waals surface area contributed by atoms with Gasteiger partial charge in [-0.3, -0.25) is 0 Å². The molecule has 4 heteroatoms. The molecule has 0 amide bonds. The smallest absolute Gasteiger partial charge is 0.338 e. The van der Waals surface area contributed by atoms with Crippen molar-refractivity contribution in [2.75, 3.05) is 13.2 Å². The quantitative estimate of drug-likeness (QED) is 0.627. The second kappa shape index (κ2) is 3.90. The van der Waals surface area contributed by atoms with Crippen molar-refractivity contribution in [1.29, 1.82) is 0 Å². The number of hydrogen-bond donors (Lipinski definition) is 1. The third-order valence-corrected chi connectivity index (χ3v) is 1.44. The highest BCUT2D eigenvalue weighted by Crippen LogP contribution is 2.11. The molecule has 1 heterocycles. The van der Waals surface area contributed by atoms with Crippen LogP contribution >= 0.6 is 0 Å². The van der Waals surface area contributed by atoms with Crippen LogP contribution in [-0.2, 0) is 9.53 Å². The molecule has 0 bridgehead atoms. The Hall–Kier alpha value is -1.32. The number of esters is 1. The van der Waals surface area contributed by atoms with Gasteiger partial charge in [0.15, 0.2) is 0 Å². The Kier molecular flexibility index (Phi) is 2.85. The van der Waals surface area contributed by atoms with Crippen LogP contribution in [0.1, 0.15) is 6.92 Å². The second-order valence-electron chi connectivity index (χ2n) is 2.26. The lowest BCUT2D eigenvalue weighted by Gasteiger charge is -2.10. The second-order valence-corrected chi connectivity index (χ2v) is 2.26. The lowest BCUT2D eigenvalue weighted by atomic mass is 10.2. The fraction of sp³-hybridized carbons (Fsp3) is 0.375. The van der Waals surface area contributed by atoms with Crippen LogP contribution in [0.4, 0.5) is 4.39 Å². The minimum absolute atomic E-state index is 0.0550. The van der Waals surface area contributed by atoms with Gasteiger partial charge in [-0.25, -0.2) is 9.18 Å². The first-order chi connectivity index (χ1) is 5.75. The van der Waals surface area contributed by atoms with Gasteiger partial charge in [0.05, 0.1) is 12.2 Å². The summed E-state index contributed by atoms with van der Waals surface area (Å²) in [6.07, 6.45) is 2.66. The van der Waals surface area contributed by atoms with E-state index in [-0.39, 0.29) is 18.7 Å². The van der Waals surface area contributed by atoms with E-state index in [0.717, 1.165) is 0 Å². The summed E-state index contributed by atoms with van der Waals surface area (Å²) >= 11 is 0. The Balaban J connectivity index is 2.71. The zero-order valence-corrected chi connectivity index (χ0v) is 6.76. The van der Waals surface area contributed by atoms with Crippen molar-refractivity contribution in [3.63, 3.8) is 0 Å². The van der Waals surface area contributed by atoms with Gasteiger partial charge < -0.3 is 10.1 Å². The van der Waals surface area contributed by atoms with Gasteiger partial charge in [0, 0.05) is 6.54 Å². The van der Waals surface area contributed by atoms with E-state index in [4.69, 9.17) is 0 Å². The zero-order chi connectivity index (χ0) is 8.97. The minimum atomic E-state index is -0.591. The Morgan fingerprint density at radius 1 is 1.83 bits per heavy atom. The average molecular weight is 171 g/mol. The first-order valence-electron chi connectivity index (χ1n) is 3.71. The van der Waals surface area contributed by atoms with Crippen molar-refractivity contribution in [2.45, 2.75) is 6.92 Å². The molecule has 0 saturated carbocycles. The van der Waals surface area contributed by atoms with Gasteiger partial charge in [-0.05, 0) is 19.2 Å². The maximum atomic E-state index is 12.9. The van der Waals surface area contributed by atoms with Crippen LogP contribution in [0.15, 0.2) is 23.7 Å². The van der Waals surface area contributed by atoms with Gasteiger partial charge in [-0.1, -0.05) is 0 Å². The number of carbonyl (C=O) groups excluding carboxylic acids is 1. The normalized spacial score (nSPS) is 15.8. The Labute approximate surface area is 69.9 Å². The number of halogens is 1. The molecule has 0 radical (unpaired) electrons. The molecule has 66 valence electrons. The molecule has 0 spiro atoms. The SMILES string of the molecule is CCOC(=O)C1=C(F)C=CNC1. The third-order valence-electron chi connectivity index (χ3n) is 1.44. The van der Waals surface area contributed by atoms with Crippen molar-refractivity contribution in [2.24, 2.45) is 0 Å². The van der Waals surface area contributed by atoms with Crippen molar-refractivity contribution in [3.8, 4) is 0 Å². The van der Waals surface area contributed by atoms with E-state index >= 15 is 0 Å². The summed E-state index contributed by atoms with van der Waals surface area (Å²) in [7, 11) is 0. The highest BCUT2D eigenvalue weighted by atomic mass is 19.1. The van der Waals surface area contributed by atoms with Crippen LogP contribution in [0.5, 0.6) is 0 Å². The molecular weight excluding hydrogens is 161 g/mol. The van der Waals surface area contributed by atoms with E-state index in [9.17, 15) is 9.18 Å². The van der Waals surface area contributed by atoms with E-state index in [1.54, 1.807) is 6.92 Å². The summed E-state index contributed by atoms with van der Waals surface area (Å²) in [4.78, 5) is 11.0. The van der Waals surface area contributed by atoms with Gasteiger partial charge in [0.2, 0.25) is 0 Å². The lowest BCUT2D eigenvalue weighted by Crippen LogP contribution is -2.22. The predicted octanol–water partition coefficient (Wildman–Crippen LogP) is 0.890. The fourth-order valence-electron chi connectivity index (χ4n) is 0.866. The standard InChI is InChI=1S/C8H10FNO2/c1-2-12-8(11)6-5-10-4-3-7(6)9/h3-4,10H,2,5H2,1H3. The van der Waals surface area contributed by atoms with Gasteiger partial charge in [-0.15, -0.1) is 0 Å². The molecular formula is C8H10FNO2. The Morgan fingerprint density at radius 3 is 3.17 bits per heavy atom. The van der Waals surface area contributed by atoms with E-state index in [2.05, 4.69) is 10.1 Å². The maximum absolute atomic E-state index is 12.9. The highest BCUT2D eigenvalue weighted by Gasteiger charge is 2.16. The summed E-state index contributed by atoms with van der Waals surface area (Å²) in [5.41, 5.74) is 0.0550. The Bertz CT molecular complexity index is 245. The molecule has 1 rings (SSSR count). The van der Waals surface area contributed by atoms with Crippen molar-refractivity contribution in [3.05, 3.63) is 23.7 Å². The van der Waals surface area contributed by atoms with Gasteiger partial charge in [0.25, 0.3) is 0 Å². The largest absolute Gasteiger partial charge is 0.463 e. The Morgan fingerprint density at radius 2 is 2.58 bits per heavy atom. The van der Waals surface area contributed by atoms with E-state index < -0.39 is 11.8 Å². The molecule has 12 heavy (non-hydrogen) atoms. The number of hydrogen-bond acceptors (Lipinski definition) is 3. The summed E-state index contributed by atoms with van der Waals surface area (Å²) in [6, 6.07) is 0.